The van der Waals surface area contributed by atoms with Crippen LogP contribution in [0.15, 0.2) is 23.1 Å². The van der Waals surface area contributed by atoms with Crippen molar-refractivity contribution in [2.45, 2.75) is 25.3 Å². The second-order valence-electron chi connectivity index (χ2n) is 2.65. The molecule has 0 aliphatic heterocycles. The van der Waals surface area contributed by atoms with Crippen LogP contribution in [0.4, 0.5) is 0 Å². The molecule has 1 rings (SSSR count). The van der Waals surface area contributed by atoms with Crippen molar-refractivity contribution in [2.75, 3.05) is 0 Å². The van der Waals surface area contributed by atoms with E-state index >= 15 is 0 Å². The zero-order chi connectivity index (χ0) is 10.1. The van der Waals surface area contributed by atoms with Crippen molar-refractivity contribution in [3.05, 3.63) is 23.9 Å². The summed E-state index contributed by atoms with van der Waals surface area (Å²) < 4.78 is 24.3. The van der Waals surface area contributed by atoms with Crippen LogP contribution in [-0.4, -0.2) is 18.2 Å². The lowest BCUT2D eigenvalue weighted by molar-refractivity contribution is 0.603. The third-order valence-corrected chi connectivity index (χ3v) is 3.20. The number of aromatic nitrogens is 2. The lowest BCUT2D eigenvalue weighted by Gasteiger charge is -1.92. The molecule has 5 heteroatoms. The van der Waals surface area contributed by atoms with Crippen LogP contribution >= 0.6 is 0 Å². The predicted octanol–water partition coefficient (Wildman–Crippen LogP) is 1.13. The van der Waals surface area contributed by atoms with Gasteiger partial charge in [-0.2, -0.15) is 5.10 Å². The number of sulfone groups is 1. The molecule has 0 saturated heterocycles. The van der Waals surface area contributed by atoms with Crippen molar-refractivity contribution < 1.29 is 8.42 Å². The maximum Gasteiger partial charge on any atom is 0.202 e. The molecule has 0 bridgehead atoms. The summed E-state index contributed by atoms with van der Waals surface area (Å²) in [6.45, 7) is 7.49. The topological polar surface area (TPSA) is 52.0 Å². The van der Waals surface area contributed by atoms with E-state index in [1.54, 1.807) is 11.6 Å². The van der Waals surface area contributed by atoms with Crippen molar-refractivity contribution in [3.63, 3.8) is 0 Å². The van der Waals surface area contributed by atoms with Gasteiger partial charge in [-0.3, -0.25) is 4.68 Å². The predicted molar refractivity (Wildman–Crippen MR) is 50.0 cm³/mol. The second-order valence-corrected chi connectivity index (χ2v) is 4.51. The van der Waals surface area contributed by atoms with E-state index in [0.717, 1.165) is 5.41 Å². The Labute approximate surface area is 77.8 Å². The quantitative estimate of drug-likeness (QED) is 0.735. The molecule has 0 N–H and O–H groups in total. The third kappa shape index (κ3) is 1.80. The molecule has 1 aromatic heterocycles. The van der Waals surface area contributed by atoms with Gasteiger partial charge >= 0.3 is 0 Å². The summed E-state index contributed by atoms with van der Waals surface area (Å²) in [5.41, 5.74) is 0.516. The van der Waals surface area contributed by atoms with Crippen molar-refractivity contribution >= 4 is 9.84 Å². The number of nitrogens with zero attached hydrogens (tertiary/aromatic N) is 2. The molecule has 0 fully saturated rings. The van der Waals surface area contributed by atoms with Crippen LogP contribution in [0.3, 0.4) is 0 Å². The minimum absolute atomic E-state index is 0.240. The molecule has 1 heterocycles. The Balaban J connectivity index is 3.31. The van der Waals surface area contributed by atoms with Crippen LogP contribution in [0.2, 0.25) is 0 Å². The average Bonchev–Trinajstić information content (AvgIpc) is 2.47. The zero-order valence-corrected chi connectivity index (χ0v) is 8.50. The van der Waals surface area contributed by atoms with E-state index in [2.05, 4.69) is 11.7 Å². The fourth-order valence-electron chi connectivity index (χ4n) is 1.03. The fourth-order valence-corrected chi connectivity index (χ4v) is 1.93. The molecule has 0 aliphatic carbocycles. The first-order valence-electron chi connectivity index (χ1n) is 3.93. The minimum Gasteiger partial charge on any atom is -0.271 e. The Bertz CT molecular complexity index is 417. The van der Waals surface area contributed by atoms with Crippen LogP contribution in [0.5, 0.6) is 0 Å². The summed E-state index contributed by atoms with van der Waals surface area (Å²) in [5, 5.41) is 4.97. The standard InChI is InChI=1S/C8H12N2O2S/c1-4-10-6-8(7(3)9-10)13(11,12)5-2/h5-6H,2,4H2,1,3H3. The Morgan fingerprint density at radius 1 is 1.69 bits per heavy atom. The highest BCUT2D eigenvalue weighted by atomic mass is 32.2. The molecule has 72 valence electrons. The average molecular weight is 200 g/mol. The fraction of sp³-hybridized carbons (Fsp3) is 0.375. The van der Waals surface area contributed by atoms with E-state index in [-0.39, 0.29) is 4.90 Å². The van der Waals surface area contributed by atoms with Gasteiger partial charge < -0.3 is 0 Å². The molecule has 0 radical (unpaired) electrons. The smallest absolute Gasteiger partial charge is 0.202 e. The number of hydrogen-bond acceptors (Lipinski definition) is 3. The normalized spacial score (nSPS) is 11.5. The largest absolute Gasteiger partial charge is 0.271 e. The Kier molecular flexibility index (Phi) is 2.56. The van der Waals surface area contributed by atoms with Crippen LogP contribution in [0.1, 0.15) is 12.6 Å². The highest BCUT2D eigenvalue weighted by molar-refractivity contribution is 7.94. The molecule has 0 aromatic carbocycles. The van der Waals surface area contributed by atoms with Gasteiger partial charge in [-0.25, -0.2) is 8.42 Å². The summed E-state index contributed by atoms with van der Waals surface area (Å²) >= 11 is 0. The molecular weight excluding hydrogens is 188 g/mol. The first-order valence-corrected chi connectivity index (χ1v) is 5.47. The van der Waals surface area contributed by atoms with Gasteiger partial charge in [0.25, 0.3) is 0 Å². The summed E-state index contributed by atoms with van der Waals surface area (Å²) in [6, 6.07) is 0. The molecule has 0 saturated carbocycles. The molecule has 0 spiro atoms. The van der Waals surface area contributed by atoms with Crippen LogP contribution in [0, 0.1) is 6.92 Å². The maximum absolute atomic E-state index is 11.4. The lowest BCUT2D eigenvalue weighted by atomic mass is 10.5. The van der Waals surface area contributed by atoms with Gasteiger partial charge in [0.2, 0.25) is 9.84 Å². The molecule has 13 heavy (non-hydrogen) atoms. The first kappa shape index (κ1) is 9.98. The monoisotopic (exact) mass is 200 g/mol. The van der Waals surface area contributed by atoms with E-state index in [1.807, 2.05) is 6.92 Å². The molecule has 1 aromatic rings. The Morgan fingerprint density at radius 3 is 2.69 bits per heavy atom. The van der Waals surface area contributed by atoms with E-state index in [1.165, 1.54) is 6.20 Å². The maximum atomic E-state index is 11.4. The first-order chi connectivity index (χ1) is 6.01. The van der Waals surface area contributed by atoms with Gasteiger partial charge in [0, 0.05) is 18.1 Å². The van der Waals surface area contributed by atoms with E-state index in [9.17, 15) is 8.42 Å². The molecular formula is C8H12N2O2S. The molecule has 0 amide bonds. The highest BCUT2D eigenvalue weighted by Gasteiger charge is 2.15. The number of rotatable bonds is 3. The van der Waals surface area contributed by atoms with Gasteiger partial charge in [0.05, 0.1) is 5.69 Å². The number of aryl methyl sites for hydroxylation is 2. The summed E-state index contributed by atoms with van der Waals surface area (Å²) in [6.07, 6.45) is 1.52. The minimum atomic E-state index is -3.34. The molecule has 0 atom stereocenters. The van der Waals surface area contributed by atoms with Crippen LogP contribution in [-0.2, 0) is 16.4 Å². The second kappa shape index (κ2) is 3.33. The van der Waals surface area contributed by atoms with Gasteiger partial charge in [0.1, 0.15) is 4.90 Å². The van der Waals surface area contributed by atoms with Crippen LogP contribution < -0.4 is 0 Å². The van der Waals surface area contributed by atoms with Crippen molar-refractivity contribution in [1.29, 1.82) is 0 Å². The van der Waals surface area contributed by atoms with E-state index in [4.69, 9.17) is 0 Å². The molecule has 0 unspecified atom stereocenters. The summed E-state index contributed by atoms with van der Waals surface area (Å²) in [4.78, 5) is 0.240. The van der Waals surface area contributed by atoms with E-state index < -0.39 is 9.84 Å². The number of hydrogen-bond donors (Lipinski definition) is 0. The van der Waals surface area contributed by atoms with Gasteiger partial charge in [-0.1, -0.05) is 6.58 Å². The van der Waals surface area contributed by atoms with Gasteiger partial charge in [-0.15, -0.1) is 0 Å². The van der Waals surface area contributed by atoms with Crippen LogP contribution in [0.25, 0.3) is 0 Å². The Hall–Kier alpha value is -1.10. The zero-order valence-electron chi connectivity index (χ0n) is 7.69. The van der Waals surface area contributed by atoms with Crippen molar-refractivity contribution in [1.82, 2.24) is 9.78 Å². The molecule has 0 aliphatic rings. The Morgan fingerprint density at radius 2 is 2.31 bits per heavy atom. The van der Waals surface area contributed by atoms with Crippen molar-refractivity contribution in [2.24, 2.45) is 0 Å². The van der Waals surface area contributed by atoms with Gasteiger partial charge in [-0.05, 0) is 13.8 Å². The third-order valence-electron chi connectivity index (χ3n) is 1.75. The SMILES string of the molecule is C=CS(=O)(=O)c1cn(CC)nc1C. The van der Waals surface area contributed by atoms with Gasteiger partial charge in [0.15, 0.2) is 0 Å². The van der Waals surface area contributed by atoms with Crippen molar-refractivity contribution in [3.8, 4) is 0 Å². The summed E-state index contributed by atoms with van der Waals surface area (Å²) in [5.74, 6) is 0. The lowest BCUT2D eigenvalue weighted by Crippen LogP contribution is -1.95. The molecule has 4 nitrogen and oxygen atoms in total. The van der Waals surface area contributed by atoms with E-state index in [0.29, 0.717) is 12.2 Å². The highest BCUT2D eigenvalue weighted by Crippen LogP contribution is 2.15. The summed E-state index contributed by atoms with van der Waals surface area (Å²) in [7, 11) is -3.34.